The predicted molar refractivity (Wildman–Crippen MR) is 150 cm³/mol. The highest BCUT2D eigenvalue weighted by Crippen LogP contribution is 2.43. The van der Waals surface area contributed by atoms with E-state index in [1.54, 1.807) is 42.7 Å². The zero-order valence-corrected chi connectivity index (χ0v) is 24.4. The second-order valence-electron chi connectivity index (χ2n) is 8.72. The van der Waals surface area contributed by atoms with Crippen LogP contribution >= 0.6 is 11.6 Å². The number of nitrogens with zero attached hydrogens (tertiary/aromatic N) is 3. The zero-order valence-electron chi connectivity index (χ0n) is 22.0. The number of aromatic nitrogens is 2. The summed E-state index contributed by atoms with van der Waals surface area (Å²) in [6, 6.07) is 13.0. The molecule has 3 rings (SSSR count). The number of ether oxygens (including phenoxy) is 3. The fraction of sp³-hybridized carbons (Fsp3) is 0.385. The van der Waals surface area contributed by atoms with Crippen LogP contribution in [0, 0.1) is 5.92 Å². The highest BCUT2D eigenvalue weighted by atomic mass is 35.5. The summed E-state index contributed by atoms with van der Waals surface area (Å²) in [5.74, 6) is 1.23. The first-order chi connectivity index (χ1) is 18.1. The molecular weight excluding hydrogens is 550 g/mol. The van der Waals surface area contributed by atoms with E-state index in [2.05, 4.69) is 9.97 Å². The van der Waals surface area contributed by atoms with Gasteiger partial charge in [0.15, 0.2) is 5.82 Å². The molecule has 1 heterocycles. The molecule has 0 amide bonds. The van der Waals surface area contributed by atoms with E-state index >= 15 is 0 Å². The fourth-order valence-electron chi connectivity index (χ4n) is 3.38. The number of halogens is 1. The molecule has 0 aliphatic carbocycles. The minimum absolute atomic E-state index is 0.0147. The molecule has 0 bridgehead atoms. The van der Waals surface area contributed by atoms with Crippen molar-refractivity contribution in [3.63, 3.8) is 0 Å². The average molecular weight is 582 g/mol. The lowest BCUT2D eigenvalue weighted by molar-refractivity contribution is 0.307. The van der Waals surface area contributed by atoms with Crippen molar-refractivity contribution in [3.05, 3.63) is 59.4 Å². The third-order valence-electron chi connectivity index (χ3n) is 5.24. The second kappa shape index (κ2) is 13.3. The van der Waals surface area contributed by atoms with Crippen LogP contribution in [0.2, 0.25) is 5.02 Å². The summed E-state index contributed by atoms with van der Waals surface area (Å²) in [7, 11) is -3.67. The monoisotopic (exact) mass is 581 g/mol. The van der Waals surface area contributed by atoms with Crippen molar-refractivity contribution in [1.29, 1.82) is 0 Å². The topological polar surface area (TPSA) is 108 Å². The van der Waals surface area contributed by atoms with Crippen molar-refractivity contribution < 1.29 is 26.8 Å². The van der Waals surface area contributed by atoms with E-state index in [-0.39, 0.29) is 57.9 Å². The highest BCUT2D eigenvalue weighted by molar-refractivity contribution is 7.92. The predicted octanol–water partition coefficient (Wildman–Crippen LogP) is 5.10. The summed E-state index contributed by atoms with van der Waals surface area (Å²) >= 11 is 6.43. The Morgan fingerprint density at radius 1 is 1.11 bits per heavy atom. The lowest BCUT2D eigenvalue weighted by atomic mass is 10.2. The number of hydrogen-bond acceptors (Lipinski definition) is 8. The Kier molecular flexibility index (Phi) is 10.3. The number of rotatable bonds is 13. The Morgan fingerprint density at radius 2 is 1.82 bits per heavy atom. The summed E-state index contributed by atoms with van der Waals surface area (Å²) in [6.07, 6.45) is 1.97. The Balaban J connectivity index is 2.28. The van der Waals surface area contributed by atoms with Gasteiger partial charge in [-0.2, -0.15) is 4.98 Å². The molecule has 0 aliphatic heterocycles. The molecule has 38 heavy (non-hydrogen) atoms. The maximum atomic E-state index is 13.9. The van der Waals surface area contributed by atoms with Crippen LogP contribution in [0.5, 0.6) is 23.1 Å². The van der Waals surface area contributed by atoms with Crippen LogP contribution in [0.4, 0.5) is 5.82 Å². The van der Waals surface area contributed by atoms with Crippen LogP contribution in [0.3, 0.4) is 0 Å². The normalized spacial score (nSPS) is 12.3. The lowest BCUT2D eigenvalue weighted by Crippen LogP contribution is -2.35. The van der Waals surface area contributed by atoms with Gasteiger partial charge in [0, 0.05) is 36.1 Å². The van der Waals surface area contributed by atoms with Crippen molar-refractivity contribution in [1.82, 2.24) is 9.97 Å². The first-order valence-corrected chi connectivity index (χ1v) is 15.5. The van der Waals surface area contributed by atoms with Crippen molar-refractivity contribution in [3.8, 4) is 23.1 Å². The van der Waals surface area contributed by atoms with E-state index in [1.165, 1.54) is 23.5 Å². The van der Waals surface area contributed by atoms with Gasteiger partial charge in [-0.25, -0.2) is 17.7 Å². The molecule has 0 saturated heterocycles. The molecule has 206 valence electrons. The first-order valence-electron chi connectivity index (χ1n) is 12.0. The van der Waals surface area contributed by atoms with Gasteiger partial charge in [-0.15, -0.1) is 0 Å². The standard InChI is InChI=1S/C26H32ClN3O6S2/c1-6-23-28-25(30(17-18(2)3)38(32,33)20-10-8-7-9-11-20)24(26(29-23)35-14-15-37(5)31)36-22-16-19(34-4)12-13-21(22)27/h7-13,16,18H,6,14-15,17H2,1-5H3. The molecule has 0 saturated carbocycles. The molecular formula is C26H32ClN3O6S2. The third kappa shape index (κ3) is 7.36. The van der Waals surface area contributed by atoms with Crippen LogP contribution in [0.1, 0.15) is 26.6 Å². The third-order valence-corrected chi connectivity index (χ3v) is 8.06. The number of aryl methyl sites for hydroxylation is 1. The summed E-state index contributed by atoms with van der Waals surface area (Å²) < 4.78 is 58.2. The molecule has 1 aromatic heterocycles. The van der Waals surface area contributed by atoms with Crippen LogP contribution in [0.15, 0.2) is 53.4 Å². The number of methoxy groups -OCH3 is 1. The lowest BCUT2D eigenvalue weighted by Gasteiger charge is -2.28. The van der Waals surface area contributed by atoms with Crippen molar-refractivity contribution in [2.75, 3.05) is 36.6 Å². The van der Waals surface area contributed by atoms with Crippen LogP contribution in [-0.2, 0) is 27.2 Å². The van der Waals surface area contributed by atoms with Gasteiger partial charge in [-0.3, -0.25) is 4.21 Å². The summed E-state index contributed by atoms with van der Waals surface area (Å²) in [6.45, 7) is 5.84. The summed E-state index contributed by atoms with van der Waals surface area (Å²) in [4.78, 5) is 9.19. The van der Waals surface area contributed by atoms with Gasteiger partial charge in [-0.1, -0.05) is 50.6 Å². The van der Waals surface area contributed by atoms with Crippen LogP contribution in [-0.4, -0.2) is 54.9 Å². The molecule has 12 heteroatoms. The minimum atomic E-state index is -4.06. The van der Waals surface area contributed by atoms with Gasteiger partial charge in [-0.05, 0) is 30.2 Å². The Morgan fingerprint density at radius 3 is 2.42 bits per heavy atom. The van der Waals surface area contributed by atoms with E-state index in [0.29, 0.717) is 18.0 Å². The molecule has 1 unspecified atom stereocenters. The van der Waals surface area contributed by atoms with Crippen molar-refractivity contribution >= 4 is 38.2 Å². The fourth-order valence-corrected chi connectivity index (χ4v) is 5.46. The van der Waals surface area contributed by atoms with Crippen LogP contribution in [0.25, 0.3) is 0 Å². The van der Waals surface area contributed by atoms with Crippen LogP contribution < -0.4 is 18.5 Å². The van der Waals surface area contributed by atoms with E-state index in [0.717, 1.165) is 0 Å². The molecule has 0 radical (unpaired) electrons. The van der Waals surface area contributed by atoms with Crippen molar-refractivity contribution in [2.24, 2.45) is 5.92 Å². The van der Waals surface area contributed by atoms with Gasteiger partial charge in [0.1, 0.15) is 23.9 Å². The van der Waals surface area contributed by atoms with Gasteiger partial charge < -0.3 is 14.2 Å². The molecule has 3 aromatic rings. The molecule has 1 atom stereocenters. The molecule has 0 fully saturated rings. The molecule has 0 aliphatic rings. The minimum Gasteiger partial charge on any atom is -0.497 e. The largest absolute Gasteiger partial charge is 0.497 e. The van der Waals surface area contributed by atoms with Crippen molar-refractivity contribution in [2.45, 2.75) is 32.1 Å². The smallest absolute Gasteiger partial charge is 0.265 e. The van der Waals surface area contributed by atoms with E-state index in [9.17, 15) is 12.6 Å². The number of benzene rings is 2. The zero-order chi connectivity index (χ0) is 27.9. The molecule has 9 nitrogen and oxygen atoms in total. The van der Waals surface area contributed by atoms with E-state index in [4.69, 9.17) is 25.8 Å². The average Bonchev–Trinajstić information content (AvgIpc) is 2.89. The summed E-state index contributed by atoms with van der Waals surface area (Å²) in [5, 5.41) is 0.262. The number of anilines is 1. The summed E-state index contributed by atoms with van der Waals surface area (Å²) in [5.41, 5.74) is 0. The molecule has 0 N–H and O–H groups in total. The quantitative estimate of drug-likeness (QED) is 0.274. The Labute approximate surface area is 231 Å². The number of hydrogen-bond donors (Lipinski definition) is 0. The van der Waals surface area contributed by atoms with E-state index in [1.807, 2.05) is 20.8 Å². The molecule has 2 aromatic carbocycles. The van der Waals surface area contributed by atoms with E-state index < -0.39 is 20.8 Å². The van der Waals surface area contributed by atoms with Gasteiger partial charge >= 0.3 is 0 Å². The Bertz CT molecular complexity index is 1370. The SMILES string of the molecule is CCc1nc(OCCS(C)=O)c(Oc2cc(OC)ccc2Cl)c(N(CC(C)C)S(=O)(=O)c2ccccc2)n1. The van der Waals surface area contributed by atoms with Gasteiger partial charge in [0.25, 0.3) is 15.9 Å². The second-order valence-corrected chi connectivity index (χ2v) is 12.5. The maximum absolute atomic E-state index is 13.9. The maximum Gasteiger partial charge on any atom is 0.265 e. The molecule has 0 spiro atoms. The van der Waals surface area contributed by atoms with Gasteiger partial charge in [0.05, 0.1) is 22.8 Å². The van der Waals surface area contributed by atoms with Gasteiger partial charge in [0.2, 0.25) is 5.75 Å². The number of sulfonamides is 1. The Hall–Kier alpha value is -2.89. The first kappa shape index (κ1) is 29.7. The highest BCUT2D eigenvalue weighted by Gasteiger charge is 2.33.